The van der Waals surface area contributed by atoms with Gasteiger partial charge in [-0.25, -0.2) is 13.1 Å². The van der Waals surface area contributed by atoms with Crippen molar-refractivity contribution in [2.24, 2.45) is 0 Å². The predicted octanol–water partition coefficient (Wildman–Crippen LogP) is 0.847. The molecule has 2 N–H and O–H groups in total. The number of hydrogen-bond acceptors (Lipinski definition) is 5. The SMILES string of the molecule is CSCCCCNS(=O)(=O)c1cncc(C#CCO)c1. The molecule has 1 rings (SSSR count). The number of aromatic nitrogens is 1. The molecule has 1 aromatic rings. The minimum Gasteiger partial charge on any atom is -0.384 e. The molecule has 0 unspecified atom stereocenters. The van der Waals surface area contributed by atoms with E-state index < -0.39 is 10.0 Å². The molecular weight excluding hydrogens is 296 g/mol. The Balaban J connectivity index is 2.67. The van der Waals surface area contributed by atoms with Gasteiger partial charge in [-0.3, -0.25) is 4.98 Å². The third-order valence-corrected chi connectivity index (χ3v) is 4.53. The molecule has 110 valence electrons. The standard InChI is InChI=1S/C13H18N2O3S2/c1-19-8-3-2-6-15-20(17,18)13-9-12(5-4-7-16)10-14-11-13/h9-11,15-16H,2-3,6-8H2,1H3. The second-order valence-electron chi connectivity index (χ2n) is 3.97. The number of unbranched alkanes of at least 4 members (excludes halogenated alkanes) is 1. The van der Waals surface area contributed by atoms with E-state index in [0.717, 1.165) is 18.6 Å². The number of sulfonamides is 1. The lowest BCUT2D eigenvalue weighted by Gasteiger charge is -2.06. The van der Waals surface area contributed by atoms with Crippen molar-refractivity contribution in [3.8, 4) is 11.8 Å². The molecule has 0 fully saturated rings. The van der Waals surface area contributed by atoms with E-state index in [1.54, 1.807) is 11.8 Å². The quantitative estimate of drug-likeness (QED) is 0.576. The molecule has 7 heteroatoms. The van der Waals surface area contributed by atoms with E-state index in [1.807, 2.05) is 6.26 Å². The maximum absolute atomic E-state index is 12.0. The summed E-state index contributed by atoms with van der Waals surface area (Å²) < 4.78 is 26.6. The first-order valence-electron chi connectivity index (χ1n) is 6.13. The van der Waals surface area contributed by atoms with Crippen LogP contribution in [0.1, 0.15) is 18.4 Å². The first-order valence-corrected chi connectivity index (χ1v) is 9.01. The summed E-state index contributed by atoms with van der Waals surface area (Å²) in [6, 6.07) is 1.44. The minimum atomic E-state index is -3.54. The summed E-state index contributed by atoms with van der Waals surface area (Å²) in [6.45, 7) is 0.139. The average Bonchev–Trinajstić information content (AvgIpc) is 2.45. The first kappa shape index (κ1) is 17.0. The lowest BCUT2D eigenvalue weighted by Crippen LogP contribution is -2.25. The van der Waals surface area contributed by atoms with Gasteiger partial charge in [0.1, 0.15) is 11.5 Å². The lowest BCUT2D eigenvalue weighted by molar-refractivity contribution is 0.350. The van der Waals surface area contributed by atoms with Crippen LogP contribution in [-0.4, -0.2) is 43.7 Å². The molecule has 0 amide bonds. The summed E-state index contributed by atoms with van der Waals surface area (Å²) in [4.78, 5) is 3.94. The smallest absolute Gasteiger partial charge is 0.242 e. The van der Waals surface area contributed by atoms with Crippen LogP contribution in [-0.2, 0) is 10.0 Å². The fourth-order valence-electron chi connectivity index (χ4n) is 1.44. The second-order valence-corrected chi connectivity index (χ2v) is 6.72. The Kier molecular flexibility index (Phi) is 7.62. The summed E-state index contributed by atoms with van der Waals surface area (Å²) >= 11 is 1.74. The number of nitrogens with zero attached hydrogens (tertiary/aromatic N) is 1. The van der Waals surface area contributed by atoms with E-state index in [0.29, 0.717) is 12.1 Å². The van der Waals surface area contributed by atoms with Crippen LogP contribution in [0.2, 0.25) is 0 Å². The Bertz CT molecular complexity index is 577. The van der Waals surface area contributed by atoms with Crippen LogP contribution in [0, 0.1) is 11.8 Å². The number of aliphatic hydroxyl groups is 1. The van der Waals surface area contributed by atoms with Crippen LogP contribution in [0.5, 0.6) is 0 Å². The number of rotatable bonds is 7. The van der Waals surface area contributed by atoms with Gasteiger partial charge in [-0.05, 0) is 30.9 Å². The highest BCUT2D eigenvalue weighted by atomic mass is 32.2. The molecule has 0 aliphatic heterocycles. The van der Waals surface area contributed by atoms with E-state index in [4.69, 9.17) is 5.11 Å². The molecule has 0 saturated carbocycles. The molecule has 0 radical (unpaired) electrons. The van der Waals surface area contributed by atoms with Gasteiger partial charge in [0.25, 0.3) is 0 Å². The van der Waals surface area contributed by atoms with Gasteiger partial charge < -0.3 is 5.11 Å². The van der Waals surface area contributed by atoms with Crippen molar-refractivity contribution < 1.29 is 13.5 Å². The van der Waals surface area contributed by atoms with Gasteiger partial charge in [-0.1, -0.05) is 11.8 Å². The number of aliphatic hydroxyl groups excluding tert-OH is 1. The van der Waals surface area contributed by atoms with E-state index in [-0.39, 0.29) is 11.5 Å². The molecule has 20 heavy (non-hydrogen) atoms. The molecule has 1 heterocycles. The van der Waals surface area contributed by atoms with E-state index >= 15 is 0 Å². The molecular formula is C13H18N2O3S2. The van der Waals surface area contributed by atoms with Crippen LogP contribution >= 0.6 is 11.8 Å². The summed E-state index contributed by atoms with van der Waals surface area (Å²) in [5, 5.41) is 8.62. The van der Waals surface area contributed by atoms with Crippen LogP contribution in [0.4, 0.5) is 0 Å². The molecule has 0 bridgehead atoms. The Morgan fingerprint density at radius 1 is 1.40 bits per heavy atom. The van der Waals surface area contributed by atoms with Crippen LogP contribution in [0.25, 0.3) is 0 Å². The molecule has 0 atom stereocenters. The Morgan fingerprint density at radius 3 is 2.90 bits per heavy atom. The monoisotopic (exact) mass is 314 g/mol. The minimum absolute atomic E-state index is 0.0899. The zero-order valence-electron chi connectivity index (χ0n) is 11.3. The van der Waals surface area contributed by atoms with Gasteiger partial charge in [0.05, 0.1) is 0 Å². The zero-order valence-corrected chi connectivity index (χ0v) is 12.9. The maximum atomic E-state index is 12.0. The van der Waals surface area contributed by atoms with Crippen molar-refractivity contribution in [3.05, 3.63) is 24.0 Å². The largest absolute Gasteiger partial charge is 0.384 e. The highest BCUT2D eigenvalue weighted by molar-refractivity contribution is 7.98. The van der Waals surface area contributed by atoms with Crippen molar-refractivity contribution in [1.82, 2.24) is 9.71 Å². The molecule has 1 aromatic heterocycles. The Morgan fingerprint density at radius 2 is 2.20 bits per heavy atom. The number of pyridine rings is 1. The lowest BCUT2D eigenvalue weighted by atomic mass is 10.3. The highest BCUT2D eigenvalue weighted by Gasteiger charge is 2.13. The predicted molar refractivity (Wildman–Crippen MR) is 81.0 cm³/mol. The van der Waals surface area contributed by atoms with E-state index in [2.05, 4.69) is 21.5 Å². The summed E-state index contributed by atoms with van der Waals surface area (Å²) in [5.74, 6) is 6.11. The first-order chi connectivity index (χ1) is 9.60. The van der Waals surface area contributed by atoms with Crippen molar-refractivity contribution in [2.45, 2.75) is 17.7 Å². The van der Waals surface area contributed by atoms with Gasteiger partial charge in [0, 0.05) is 24.5 Å². The van der Waals surface area contributed by atoms with Crippen LogP contribution in [0.3, 0.4) is 0 Å². The third kappa shape index (κ3) is 5.92. The van der Waals surface area contributed by atoms with Crippen molar-refractivity contribution in [2.75, 3.05) is 25.2 Å². The van der Waals surface area contributed by atoms with Gasteiger partial charge in [0.2, 0.25) is 10.0 Å². The molecule has 0 spiro atoms. The van der Waals surface area contributed by atoms with Crippen LogP contribution in [0.15, 0.2) is 23.4 Å². The van der Waals surface area contributed by atoms with E-state index in [1.165, 1.54) is 18.5 Å². The van der Waals surface area contributed by atoms with Gasteiger partial charge >= 0.3 is 0 Å². The van der Waals surface area contributed by atoms with Crippen LogP contribution < -0.4 is 4.72 Å². The van der Waals surface area contributed by atoms with Crippen molar-refractivity contribution in [3.63, 3.8) is 0 Å². The third-order valence-electron chi connectivity index (χ3n) is 2.40. The molecule has 0 aliphatic carbocycles. The molecule has 0 saturated heterocycles. The molecule has 5 nitrogen and oxygen atoms in total. The number of nitrogens with one attached hydrogen (secondary N) is 1. The summed E-state index contributed by atoms with van der Waals surface area (Å²) in [6.07, 6.45) is 6.55. The van der Waals surface area contributed by atoms with Gasteiger partial charge in [-0.15, -0.1) is 0 Å². The molecule has 0 aliphatic rings. The van der Waals surface area contributed by atoms with Gasteiger partial charge in [0.15, 0.2) is 0 Å². The second kappa shape index (κ2) is 8.97. The Hall–Kier alpha value is -1.07. The van der Waals surface area contributed by atoms with Gasteiger partial charge in [-0.2, -0.15) is 11.8 Å². The Labute approximate surface area is 124 Å². The topological polar surface area (TPSA) is 79.3 Å². The summed E-state index contributed by atoms with van der Waals surface area (Å²) in [5.41, 5.74) is 0.462. The zero-order chi connectivity index (χ0) is 14.8. The molecule has 0 aromatic carbocycles. The maximum Gasteiger partial charge on any atom is 0.242 e. The highest BCUT2D eigenvalue weighted by Crippen LogP contribution is 2.09. The number of hydrogen-bond donors (Lipinski definition) is 2. The fourth-order valence-corrected chi connectivity index (χ4v) is 2.99. The average molecular weight is 314 g/mol. The fraction of sp³-hybridized carbons (Fsp3) is 0.462. The normalized spacial score (nSPS) is 10.9. The van der Waals surface area contributed by atoms with Crippen molar-refractivity contribution in [1.29, 1.82) is 0 Å². The number of thioether (sulfide) groups is 1. The van der Waals surface area contributed by atoms with E-state index in [9.17, 15) is 8.42 Å². The van der Waals surface area contributed by atoms with Crippen molar-refractivity contribution >= 4 is 21.8 Å². The summed E-state index contributed by atoms with van der Waals surface area (Å²) in [7, 11) is -3.54.